The van der Waals surface area contributed by atoms with Gasteiger partial charge in [0.15, 0.2) is 0 Å². The third-order valence-electron chi connectivity index (χ3n) is 4.43. The number of halogens is 1. The normalized spacial score (nSPS) is 12.2. The van der Waals surface area contributed by atoms with Gasteiger partial charge in [-0.3, -0.25) is 4.98 Å². The second-order valence-electron chi connectivity index (χ2n) is 6.07. The van der Waals surface area contributed by atoms with Crippen LogP contribution in [0.1, 0.15) is 22.9 Å². The van der Waals surface area contributed by atoms with E-state index in [9.17, 15) is 4.39 Å². The Morgan fingerprint density at radius 2 is 1.68 bits per heavy atom. The van der Waals surface area contributed by atoms with Crippen LogP contribution in [0, 0.1) is 12.7 Å². The van der Waals surface area contributed by atoms with Crippen LogP contribution in [0.25, 0.3) is 10.9 Å². The van der Waals surface area contributed by atoms with Crippen LogP contribution in [0.15, 0.2) is 73.1 Å². The van der Waals surface area contributed by atoms with Crippen LogP contribution in [0.4, 0.5) is 10.1 Å². The second kappa shape index (κ2) is 6.40. The number of nitrogens with one attached hydrogen (secondary N) is 2. The van der Waals surface area contributed by atoms with Gasteiger partial charge in [-0.1, -0.05) is 18.2 Å². The van der Waals surface area contributed by atoms with Gasteiger partial charge in [-0.2, -0.15) is 0 Å². The number of aromatic amines is 1. The predicted molar refractivity (Wildman–Crippen MR) is 99.1 cm³/mol. The summed E-state index contributed by atoms with van der Waals surface area (Å²) in [7, 11) is 0. The first-order valence-corrected chi connectivity index (χ1v) is 8.21. The molecule has 0 radical (unpaired) electrons. The molecule has 0 amide bonds. The van der Waals surface area contributed by atoms with Crippen LogP contribution in [-0.2, 0) is 0 Å². The van der Waals surface area contributed by atoms with Crippen LogP contribution in [0.2, 0.25) is 0 Å². The maximum Gasteiger partial charge on any atom is 0.123 e. The Kier molecular flexibility index (Phi) is 3.94. The van der Waals surface area contributed by atoms with Gasteiger partial charge in [0.1, 0.15) is 5.82 Å². The lowest BCUT2D eigenvalue weighted by Gasteiger charge is -2.21. The smallest absolute Gasteiger partial charge is 0.123 e. The van der Waals surface area contributed by atoms with Gasteiger partial charge in [0.2, 0.25) is 0 Å². The summed E-state index contributed by atoms with van der Waals surface area (Å²) in [6, 6.07) is 18.7. The highest BCUT2D eigenvalue weighted by Crippen LogP contribution is 2.34. The molecule has 4 rings (SSSR count). The molecule has 2 N–H and O–H groups in total. The highest BCUT2D eigenvalue weighted by atomic mass is 19.1. The highest BCUT2D eigenvalue weighted by Gasteiger charge is 2.20. The first-order valence-electron chi connectivity index (χ1n) is 8.21. The summed E-state index contributed by atoms with van der Waals surface area (Å²) in [5.74, 6) is -0.241. The zero-order valence-corrected chi connectivity index (χ0v) is 13.8. The summed E-state index contributed by atoms with van der Waals surface area (Å²) >= 11 is 0. The Bertz CT molecular complexity index is 991. The standard InChI is InChI=1S/C21H18FN3/c1-14-20(18-4-2-3-5-19(18)24-14)21(15-10-12-23-13-11-15)25-17-8-6-16(22)7-9-17/h2-13,21,24-25H,1H3. The minimum absolute atomic E-state index is 0.0652. The molecule has 1 unspecified atom stereocenters. The maximum absolute atomic E-state index is 13.3. The molecule has 1 atom stereocenters. The molecule has 2 aromatic carbocycles. The number of para-hydroxylation sites is 1. The van der Waals surface area contributed by atoms with E-state index in [1.54, 1.807) is 24.5 Å². The van der Waals surface area contributed by atoms with E-state index in [4.69, 9.17) is 0 Å². The minimum atomic E-state index is -0.241. The molecule has 124 valence electrons. The van der Waals surface area contributed by atoms with Gasteiger partial charge in [-0.25, -0.2) is 4.39 Å². The molecule has 0 aliphatic rings. The van der Waals surface area contributed by atoms with Crippen LogP contribution < -0.4 is 5.32 Å². The summed E-state index contributed by atoms with van der Waals surface area (Å²) in [4.78, 5) is 7.58. The average Bonchev–Trinajstić information content (AvgIpc) is 2.98. The molecule has 4 aromatic rings. The molecule has 0 aliphatic carbocycles. The SMILES string of the molecule is Cc1[nH]c2ccccc2c1C(Nc1ccc(F)cc1)c1ccncc1. The number of pyridine rings is 1. The van der Waals surface area contributed by atoms with E-state index in [-0.39, 0.29) is 11.9 Å². The van der Waals surface area contributed by atoms with Crippen molar-refractivity contribution in [1.82, 2.24) is 9.97 Å². The molecule has 4 heteroatoms. The van der Waals surface area contributed by atoms with Crippen LogP contribution in [0.3, 0.4) is 0 Å². The Morgan fingerprint density at radius 1 is 0.960 bits per heavy atom. The van der Waals surface area contributed by atoms with Gasteiger partial charge in [0, 0.05) is 40.2 Å². The molecule has 25 heavy (non-hydrogen) atoms. The van der Waals surface area contributed by atoms with Crippen molar-refractivity contribution in [3.63, 3.8) is 0 Å². The summed E-state index contributed by atoms with van der Waals surface area (Å²) in [6.45, 7) is 2.08. The quantitative estimate of drug-likeness (QED) is 0.539. The first-order chi connectivity index (χ1) is 12.2. The number of aromatic nitrogens is 2. The predicted octanol–water partition coefficient (Wildman–Crippen LogP) is 5.21. The number of nitrogens with zero attached hydrogens (tertiary/aromatic N) is 1. The van der Waals surface area contributed by atoms with Gasteiger partial charge in [0.25, 0.3) is 0 Å². The number of fused-ring (bicyclic) bond motifs is 1. The topological polar surface area (TPSA) is 40.7 Å². The van der Waals surface area contributed by atoms with Crippen molar-refractivity contribution in [2.24, 2.45) is 0 Å². The van der Waals surface area contributed by atoms with Crippen molar-refractivity contribution in [3.05, 3.63) is 95.7 Å². The molecular formula is C21H18FN3. The van der Waals surface area contributed by atoms with E-state index in [0.29, 0.717) is 0 Å². The maximum atomic E-state index is 13.3. The molecule has 0 saturated carbocycles. The van der Waals surface area contributed by atoms with Crippen molar-refractivity contribution < 1.29 is 4.39 Å². The fourth-order valence-corrected chi connectivity index (χ4v) is 3.26. The fourth-order valence-electron chi connectivity index (χ4n) is 3.26. The third kappa shape index (κ3) is 2.98. The molecule has 0 spiro atoms. The largest absolute Gasteiger partial charge is 0.374 e. The number of hydrogen-bond donors (Lipinski definition) is 2. The van der Waals surface area contributed by atoms with E-state index < -0.39 is 0 Å². The lowest BCUT2D eigenvalue weighted by Crippen LogP contribution is -2.13. The molecule has 0 saturated heterocycles. The minimum Gasteiger partial charge on any atom is -0.374 e. The summed E-state index contributed by atoms with van der Waals surface area (Å²) in [6.07, 6.45) is 3.58. The van der Waals surface area contributed by atoms with Gasteiger partial charge >= 0.3 is 0 Å². The van der Waals surface area contributed by atoms with Crippen molar-refractivity contribution in [1.29, 1.82) is 0 Å². The number of anilines is 1. The van der Waals surface area contributed by atoms with Gasteiger partial charge in [-0.05, 0) is 55.0 Å². The Hall–Kier alpha value is -3.14. The zero-order valence-electron chi connectivity index (χ0n) is 13.8. The monoisotopic (exact) mass is 331 g/mol. The van der Waals surface area contributed by atoms with Crippen LogP contribution in [-0.4, -0.2) is 9.97 Å². The van der Waals surface area contributed by atoms with Crippen molar-refractivity contribution in [2.45, 2.75) is 13.0 Å². The highest BCUT2D eigenvalue weighted by molar-refractivity contribution is 5.86. The summed E-state index contributed by atoms with van der Waals surface area (Å²) in [5, 5.41) is 4.72. The number of benzene rings is 2. The number of H-pyrrole nitrogens is 1. The second-order valence-corrected chi connectivity index (χ2v) is 6.07. The Morgan fingerprint density at radius 3 is 2.44 bits per heavy atom. The average molecular weight is 331 g/mol. The Balaban J connectivity index is 1.85. The molecule has 0 aliphatic heterocycles. The lowest BCUT2D eigenvalue weighted by molar-refractivity contribution is 0.628. The van der Waals surface area contributed by atoms with Crippen molar-refractivity contribution in [3.8, 4) is 0 Å². The lowest BCUT2D eigenvalue weighted by atomic mass is 9.96. The molecule has 0 fully saturated rings. The van der Waals surface area contributed by atoms with Crippen molar-refractivity contribution >= 4 is 16.6 Å². The molecule has 2 aromatic heterocycles. The van der Waals surface area contributed by atoms with Crippen LogP contribution in [0.5, 0.6) is 0 Å². The van der Waals surface area contributed by atoms with Gasteiger partial charge < -0.3 is 10.3 Å². The van der Waals surface area contributed by atoms with E-state index >= 15 is 0 Å². The summed E-state index contributed by atoms with van der Waals surface area (Å²) in [5.41, 5.74) is 5.37. The first kappa shape index (κ1) is 15.4. The molecule has 0 bridgehead atoms. The van der Waals surface area contributed by atoms with E-state index in [2.05, 4.69) is 34.3 Å². The zero-order chi connectivity index (χ0) is 17.2. The fraction of sp³-hybridized carbons (Fsp3) is 0.0952. The Labute approximate surface area is 145 Å². The van der Waals surface area contributed by atoms with E-state index in [1.165, 1.54) is 23.1 Å². The number of hydrogen-bond acceptors (Lipinski definition) is 2. The summed E-state index contributed by atoms with van der Waals surface area (Å²) < 4.78 is 13.3. The molecular weight excluding hydrogens is 313 g/mol. The third-order valence-corrected chi connectivity index (χ3v) is 4.43. The number of rotatable bonds is 4. The van der Waals surface area contributed by atoms with Gasteiger partial charge in [-0.15, -0.1) is 0 Å². The molecule has 2 heterocycles. The molecule has 3 nitrogen and oxygen atoms in total. The van der Waals surface area contributed by atoms with E-state index in [0.717, 1.165) is 22.5 Å². The van der Waals surface area contributed by atoms with Gasteiger partial charge in [0.05, 0.1) is 6.04 Å². The van der Waals surface area contributed by atoms with Crippen molar-refractivity contribution in [2.75, 3.05) is 5.32 Å². The number of aryl methyl sites for hydroxylation is 1. The van der Waals surface area contributed by atoms with Crippen LogP contribution >= 0.6 is 0 Å². The van der Waals surface area contributed by atoms with E-state index in [1.807, 2.05) is 24.3 Å².